The van der Waals surface area contributed by atoms with Crippen LogP contribution in [0.4, 0.5) is 13.2 Å². The average molecular weight is 473 g/mol. The van der Waals surface area contributed by atoms with Crippen molar-refractivity contribution in [1.29, 1.82) is 0 Å². The Kier molecular flexibility index (Phi) is 6.37. The van der Waals surface area contributed by atoms with E-state index < -0.39 is 30.1 Å². The van der Waals surface area contributed by atoms with Crippen molar-refractivity contribution in [3.8, 4) is 11.5 Å². The van der Waals surface area contributed by atoms with Gasteiger partial charge in [-0.25, -0.2) is 4.79 Å². The maximum atomic E-state index is 12.9. The molecule has 0 unspecified atom stereocenters. The SMILES string of the molecule is Cc1cc(C(=O)COC(=O)c2cccc(C(F)(F)F)c2)c(C)n1C[C@@H]1COc2ccccc2O1. The summed E-state index contributed by atoms with van der Waals surface area (Å²) in [5.41, 5.74) is 0.607. The summed E-state index contributed by atoms with van der Waals surface area (Å²) < 4.78 is 57.3. The van der Waals surface area contributed by atoms with Crippen LogP contribution in [0.1, 0.15) is 37.7 Å². The standard InChI is InChI=1S/C25H22F3NO5/c1-15-10-20(16(2)29(15)12-19-13-32-22-8-3-4-9-23(22)34-19)21(30)14-33-24(31)17-6-5-7-18(11-17)25(26,27)28/h3-11,19H,12-14H2,1-2H3/t19-/m1/s1. The van der Waals surface area contributed by atoms with Crippen LogP contribution in [0.3, 0.4) is 0 Å². The first-order chi connectivity index (χ1) is 16.1. The molecule has 0 fully saturated rings. The molecule has 0 saturated carbocycles. The number of carbonyl (C=O) groups excluding carboxylic acids is 2. The molecule has 4 rings (SSSR count). The summed E-state index contributed by atoms with van der Waals surface area (Å²) in [5, 5.41) is 0. The molecule has 0 radical (unpaired) electrons. The van der Waals surface area contributed by atoms with Gasteiger partial charge in [-0.15, -0.1) is 0 Å². The number of esters is 1. The lowest BCUT2D eigenvalue weighted by molar-refractivity contribution is -0.137. The van der Waals surface area contributed by atoms with Crippen molar-refractivity contribution in [2.45, 2.75) is 32.7 Å². The first kappa shape index (κ1) is 23.4. The van der Waals surface area contributed by atoms with Crippen LogP contribution in [-0.4, -0.2) is 35.6 Å². The van der Waals surface area contributed by atoms with Gasteiger partial charge in [0.1, 0.15) is 6.61 Å². The number of halogens is 3. The molecule has 1 aromatic heterocycles. The second kappa shape index (κ2) is 9.24. The van der Waals surface area contributed by atoms with Gasteiger partial charge in [0.2, 0.25) is 5.78 Å². The van der Waals surface area contributed by atoms with Gasteiger partial charge in [-0.05, 0) is 50.2 Å². The second-order valence-electron chi connectivity index (χ2n) is 7.97. The monoisotopic (exact) mass is 473 g/mol. The van der Waals surface area contributed by atoms with E-state index in [1.807, 2.05) is 35.8 Å². The number of benzene rings is 2. The van der Waals surface area contributed by atoms with Crippen LogP contribution in [0.15, 0.2) is 54.6 Å². The van der Waals surface area contributed by atoms with E-state index in [0.29, 0.717) is 42.0 Å². The lowest BCUT2D eigenvalue weighted by atomic mass is 10.1. The first-order valence-electron chi connectivity index (χ1n) is 10.6. The van der Waals surface area contributed by atoms with Crippen LogP contribution in [0.25, 0.3) is 0 Å². The maximum Gasteiger partial charge on any atom is 0.416 e. The lowest BCUT2D eigenvalue weighted by Crippen LogP contribution is -2.33. The van der Waals surface area contributed by atoms with Crippen molar-refractivity contribution in [3.05, 3.63) is 82.7 Å². The molecular formula is C25H22F3NO5. The number of ether oxygens (including phenoxy) is 3. The normalized spacial score (nSPS) is 15.1. The molecule has 1 aliphatic rings. The van der Waals surface area contributed by atoms with Gasteiger partial charge in [0, 0.05) is 17.0 Å². The fourth-order valence-electron chi connectivity index (χ4n) is 3.84. The van der Waals surface area contributed by atoms with E-state index in [9.17, 15) is 22.8 Å². The Balaban J connectivity index is 1.41. The van der Waals surface area contributed by atoms with Gasteiger partial charge in [-0.2, -0.15) is 13.2 Å². The minimum absolute atomic E-state index is 0.263. The van der Waals surface area contributed by atoms with Crippen LogP contribution in [-0.2, 0) is 17.5 Å². The van der Waals surface area contributed by atoms with Gasteiger partial charge in [-0.1, -0.05) is 18.2 Å². The number of aromatic nitrogens is 1. The third-order valence-electron chi connectivity index (χ3n) is 5.59. The van der Waals surface area contributed by atoms with Gasteiger partial charge in [0.05, 0.1) is 17.7 Å². The molecule has 0 bridgehead atoms. The highest BCUT2D eigenvalue weighted by atomic mass is 19.4. The summed E-state index contributed by atoms with van der Waals surface area (Å²) in [4.78, 5) is 24.9. The maximum absolute atomic E-state index is 12.9. The zero-order chi connectivity index (χ0) is 24.5. The highest BCUT2D eigenvalue weighted by Gasteiger charge is 2.31. The molecule has 0 amide bonds. The van der Waals surface area contributed by atoms with Crippen molar-refractivity contribution >= 4 is 11.8 Å². The number of hydrogen-bond donors (Lipinski definition) is 0. The molecule has 0 spiro atoms. The summed E-state index contributed by atoms with van der Waals surface area (Å²) >= 11 is 0. The fourth-order valence-corrected chi connectivity index (χ4v) is 3.84. The summed E-state index contributed by atoms with van der Waals surface area (Å²) in [5.74, 6) is -0.123. The number of alkyl halides is 3. The highest BCUT2D eigenvalue weighted by Crippen LogP contribution is 2.32. The topological polar surface area (TPSA) is 66.8 Å². The number of Topliss-reactive ketones (excluding diaryl/α,β-unsaturated/α-hetero) is 1. The molecule has 178 valence electrons. The Hall–Kier alpha value is -3.75. The minimum Gasteiger partial charge on any atom is -0.486 e. The van der Waals surface area contributed by atoms with Gasteiger partial charge < -0.3 is 18.8 Å². The molecule has 2 heterocycles. The Morgan fingerprint density at radius 2 is 1.79 bits per heavy atom. The summed E-state index contributed by atoms with van der Waals surface area (Å²) in [6.45, 7) is 3.83. The number of fused-ring (bicyclic) bond motifs is 1. The number of carbonyl (C=O) groups is 2. The molecule has 0 N–H and O–H groups in total. The van der Waals surface area contributed by atoms with E-state index in [-0.39, 0.29) is 11.7 Å². The third-order valence-corrected chi connectivity index (χ3v) is 5.59. The molecule has 1 atom stereocenters. The zero-order valence-electron chi connectivity index (χ0n) is 18.5. The van der Waals surface area contributed by atoms with Gasteiger partial charge in [-0.3, -0.25) is 4.79 Å². The third kappa shape index (κ3) is 4.93. The number of hydrogen-bond acceptors (Lipinski definition) is 5. The van der Waals surface area contributed by atoms with E-state index in [0.717, 1.165) is 17.8 Å². The van der Waals surface area contributed by atoms with Crippen molar-refractivity contribution in [3.63, 3.8) is 0 Å². The molecule has 2 aromatic carbocycles. The number of rotatable bonds is 6. The molecule has 9 heteroatoms. The molecule has 3 aromatic rings. The fraction of sp³-hybridized carbons (Fsp3) is 0.280. The largest absolute Gasteiger partial charge is 0.486 e. The van der Waals surface area contributed by atoms with Crippen LogP contribution in [0, 0.1) is 13.8 Å². The van der Waals surface area contributed by atoms with Crippen molar-refractivity contribution in [2.24, 2.45) is 0 Å². The predicted molar refractivity (Wildman–Crippen MR) is 116 cm³/mol. The Bertz CT molecular complexity index is 1230. The molecular weight excluding hydrogens is 451 g/mol. The Morgan fingerprint density at radius 3 is 2.53 bits per heavy atom. The van der Waals surface area contributed by atoms with E-state index >= 15 is 0 Å². The Labute approximate surface area is 193 Å². The quantitative estimate of drug-likeness (QED) is 0.372. The van der Waals surface area contributed by atoms with Crippen LogP contribution in [0.5, 0.6) is 11.5 Å². The van der Waals surface area contributed by atoms with Gasteiger partial charge in [0.25, 0.3) is 0 Å². The molecule has 0 saturated heterocycles. The van der Waals surface area contributed by atoms with Crippen molar-refractivity contribution < 1.29 is 37.0 Å². The Morgan fingerprint density at radius 1 is 1.06 bits per heavy atom. The summed E-state index contributed by atoms with van der Waals surface area (Å²) in [7, 11) is 0. The van der Waals surface area contributed by atoms with E-state index in [1.165, 1.54) is 6.07 Å². The van der Waals surface area contributed by atoms with E-state index in [4.69, 9.17) is 14.2 Å². The van der Waals surface area contributed by atoms with Crippen molar-refractivity contribution in [2.75, 3.05) is 13.2 Å². The smallest absolute Gasteiger partial charge is 0.416 e. The van der Waals surface area contributed by atoms with E-state index in [1.54, 1.807) is 13.0 Å². The van der Waals surface area contributed by atoms with Crippen LogP contribution in [0.2, 0.25) is 0 Å². The zero-order valence-corrected chi connectivity index (χ0v) is 18.5. The van der Waals surface area contributed by atoms with Crippen molar-refractivity contribution in [1.82, 2.24) is 4.57 Å². The highest BCUT2D eigenvalue weighted by molar-refractivity contribution is 6.00. The minimum atomic E-state index is -4.58. The second-order valence-corrected chi connectivity index (χ2v) is 7.97. The molecule has 0 aliphatic carbocycles. The van der Waals surface area contributed by atoms with Crippen LogP contribution < -0.4 is 9.47 Å². The van der Waals surface area contributed by atoms with Gasteiger partial charge >= 0.3 is 12.1 Å². The number of nitrogens with zero attached hydrogens (tertiary/aromatic N) is 1. The van der Waals surface area contributed by atoms with E-state index in [2.05, 4.69) is 0 Å². The summed E-state index contributed by atoms with van der Waals surface area (Å²) in [6, 6.07) is 12.9. The van der Waals surface area contributed by atoms with Crippen LogP contribution >= 0.6 is 0 Å². The molecule has 1 aliphatic heterocycles. The van der Waals surface area contributed by atoms with Gasteiger partial charge in [0.15, 0.2) is 24.2 Å². The molecule has 34 heavy (non-hydrogen) atoms. The number of ketones is 1. The number of para-hydroxylation sites is 2. The summed E-state index contributed by atoms with van der Waals surface area (Å²) in [6.07, 6.45) is -4.85. The average Bonchev–Trinajstić information content (AvgIpc) is 3.10. The lowest BCUT2D eigenvalue weighted by Gasteiger charge is -2.27. The number of aryl methyl sites for hydroxylation is 1. The molecule has 6 nitrogen and oxygen atoms in total. The predicted octanol–water partition coefficient (Wildman–Crippen LogP) is 5.00. The first-order valence-corrected chi connectivity index (χ1v) is 10.6.